The first-order valence-corrected chi connectivity index (χ1v) is 9.07. The minimum Gasteiger partial charge on any atom is -0.378 e. The van der Waals surface area contributed by atoms with Gasteiger partial charge in [0.15, 0.2) is 0 Å². The van der Waals surface area contributed by atoms with Gasteiger partial charge in [-0.25, -0.2) is 9.18 Å². The van der Waals surface area contributed by atoms with E-state index in [0.29, 0.717) is 26.3 Å². The molecule has 24 heavy (non-hydrogen) atoms. The van der Waals surface area contributed by atoms with Crippen LogP contribution in [0.2, 0.25) is 0 Å². The van der Waals surface area contributed by atoms with Crippen LogP contribution >= 0.6 is 0 Å². The summed E-state index contributed by atoms with van der Waals surface area (Å²) >= 11 is 0. The fourth-order valence-corrected chi connectivity index (χ4v) is 4.81. The number of morpholine rings is 1. The first-order chi connectivity index (χ1) is 11.6. The van der Waals surface area contributed by atoms with Gasteiger partial charge in [0.1, 0.15) is 5.82 Å². The molecular formula is C19H25FN2O2. The number of benzene rings is 1. The molecule has 0 N–H and O–H groups in total. The van der Waals surface area contributed by atoms with Crippen molar-refractivity contribution in [2.24, 2.45) is 0 Å². The first kappa shape index (κ1) is 15.9. The Hall–Kier alpha value is -1.62. The van der Waals surface area contributed by atoms with Gasteiger partial charge in [-0.3, -0.25) is 4.90 Å². The molecule has 0 unspecified atom stereocenters. The van der Waals surface area contributed by atoms with Crippen LogP contribution in [0.15, 0.2) is 18.2 Å². The molecule has 1 spiro atoms. The Bertz CT molecular complexity index is 636. The van der Waals surface area contributed by atoms with E-state index in [2.05, 4.69) is 6.92 Å². The van der Waals surface area contributed by atoms with Crippen LogP contribution in [0.25, 0.3) is 0 Å². The Labute approximate surface area is 142 Å². The van der Waals surface area contributed by atoms with Crippen molar-refractivity contribution in [1.29, 1.82) is 0 Å². The summed E-state index contributed by atoms with van der Waals surface area (Å²) in [5.74, 6) is 0.0595. The van der Waals surface area contributed by atoms with Crippen molar-refractivity contribution in [1.82, 2.24) is 4.90 Å². The molecule has 2 heterocycles. The summed E-state index contributed by atoms with van der Waals surface area (Å²) in [4.78, 5) is 17.3. The number of hydrogen-bond donors (Lipinski definition) is 0. The van der Waals surface area contributed by atoms with E-state index in [1.807, 2.05) is 9.80 Å². The fourth-order valence-electron chi connectivity index (χ4n) is 4.81. The zero-order chi connectivity index (χ0) is 16.7. The van der Waals surface area contributed by atoms with Crippen LogP contribution in [0.3, 0.4) is 0 Å². The zero-order valence-corrected chi connectivity index (χ0v) is 14.3. The molecule has 0 radical (unpaired) electrons. The van der Waals surface area contributed by atoms with Crippen LogP contribution in [-0.4, -0.2) is 42.8 Å². The smallest absolute Gasteiger partial charge is 0.325 e. The van der Waals surface area contributed by atoms with Gasteiger partial charge >= 0.3 is 6.03 Å². The lowest BCUT2D eigenvalue weighted by atomic mass is 9.77. The highest BCUT2D eigenvalue weighted by Gasteiger charge is 2.49. The van der Waals surface area contributed by atoms with Crippen molar-refractivity contribution in [2.45, 2.75) is 50.5 Å². The van der Waals surface area contributed by atoms with Gasteiger partial charge in [-0.15, -0.1) is 0 Å². The number of fused-ring (bicyclic) bond motifs is 1. The number of rotatable bonds is 0. The topological polar surface area (TPSA) is 32.8 Å². The molecule has 130 valence electrons. The molecule has 2 aliphatic heterocycles. The van der Waals surface area contributed by atoms with Crippen molar-refractivity contribution in [2.75, 3.05) is 31.2 Å². The molecule has 0 bridgehead atoms. The Kier molecular flexibility index (Phi) is 3.99. The molecule has 4 rings (SSSR count). The molecule has 2 fully saturated rings. The third-order valence-electron chi connectivity index (χ3n) is 5.93. The lowest BCUT2D eigenvalue weighted by Crippen LogP contribution is -2.59. The second kappa shape index (κ2) is 6.03. The van der Waals surface area contributed by atoms with E-state index < -0.39 is 0 Å². The molecule has 1 atom stereocenters. The summed E-state index contributed by atoms with van der Waals surface area (Å²) in [6, 6.07) is 4.97. The number of urea groups is 1. The molecule has 1 saturated heterocycles. The quantitative estimate of drug-likeness (QED) is 0.722. The van der Waals surface area contributed by atoms with Crippen LogP contribution in [-0.2, 0) is 4.74 Å². The van der Waals surface area contributed by atoms with Gasteiger partial charge in [0.05, 0.1) is 18.8 Å². The molecular weight excluding hydrogens is 307 g/mol. The Morgan fingerprint density at radius 2 is 1.96 bits per heavy atom. The number of amides is 2. The maximum Gasteiger partial charge on any atom is 0.325 e. The van der Waals surface area contributed by atoms with Crippen LogP contribution in [0.4, 0.5) is 14.9 Å². The van der Waals surface area contributed by atoms with Crippen LogP contribution in [0, 0.1) is 5.82 Å². The summed E-state index contributed by atoms with van der Waals surface area (Å²) in [5, 5.41) is 0. The summed E-state index contributed by atoms with van der Waals surface area (Å²) in [7, 11) is 0. The molecule has 4 nitrogen and oxygen atoms in total. The summed E-state index contributed by atoms with van der Waals surface area (Å²) < 4.78 is 19.2. The number of anilines is 1. The highest BCUT2D eigenvalue weighted by molar-refractivity contribution is 5.95. The largest absolute Gasteiger partial charge is 0.378 e. The van der Waals surface area contributed by atoms with E-state index in [0.717, 1.165) is 43.4 Å². The normalized spacial score (nSPS) is 25.8. The number of nitrogens with zero attached hydrogens (tertiary/aromatic N) is 2. The average molecular weight is 332 g/mol. The third-order valence-corrected chi connectivity index (χ3v) is 5.93. The number of carbonyl (C=O) groups excluding carboxylic acids is 1. The van der Waals surface area contributed by atoms with E-state index in [-0.39, 0.29) is 23.3 Å². The lowest BCUT2D eigenvalue weighted by molar-refractivity contribution is 0.0531. The molecule has 2 amide bonds. The van der Waals surface area contributed by atoms with Crippen molar-refractivity contribution >= 4 is 11.7 Å². The van der Waals surface area contributed by atoms with Gasteiger partial charge in [0.2, 0.25) is 0 Å². The Morgan fingerprint density at radius 1 is 1.25 bits per heavy atom. The van der Waals surface area contributed by atoms with E-state index in [1.165, 1.54) is 6.07 Å². The number of carbonyl (C=O) groups is 1. The van der Waals surface area contributed by atoms with E-state index in [4.69, 9.17) is 4.74 Å². The monoisotopic (exact) mass is 332 g/mol. The highest BCUT2D eigenvalue weighted by atomic mass is 19.1. The van der Waals surface area contributed by atoms with E-state index in [1.54, 1.807) is 12.1 Å². The van der Waals surface area contributed by atoms with E-state index in [9.17, 15) is 9.18 Å². The van der Waals surface area contributed by atoms with Gasteiger partial charge in [0.25, 0.3) is 0 Å². The van der Waals surface area contributed by atoms with Crippen molar-refractivity contribution in [3.63, 3.8) is 0 Å². The summed E-state index contributed by atoms with van der Waals surface area (Å²) in [5.41, 5.74) is 1.78. The highest BCUT2D eigenvalue weighted by Crippen LogP contribution is 2.51. The summed E-state index contributed by atoms with van der Waals surface area (Å²) in [6.07, 6.45) is 5.35. The van der Waals surface area contributed by atoms with Crippen molar-refractivity contribution in [3.05, 3.63) is 29.6 Å². The standard InChI is InChI=1S/C19H25FN2O2/c1-14-13-19(6-2-3-7-19)22(17-5-4-15(20)12-16(14)17)18(23)21-8-10-24-11-9-21/h4-5,12,14H,2-3,6-11,13H2,1H3/t14-/m0/s1. The predicted octanol–water partition coefficient (Wildman–Crippen LogP) is 3.90. The second-order valence-electron chi connectivity index (χ2n) is 7.46. The van der Waals surface area contributed by atoms with Gasteiger partial charge < -0.3 is 9.64 Å². The molecule has 0 aromatic heterocycles. The lowest BCUT2D eigenvalue weighted by Gasteiger charge is -2.49. The van der Waals surface area contributed by atoms with Gasteiger partial charge in [0, 0.05) is 18.8 Å². The van der Waals surface area contributed by atoms with Crippen LogP contribution < -0.4 is 4.90 Å². The zero-order valence-electron chi connectivity index (χ0n) is 14.3. The van der Waals surface area contributed by atoms with Crippen LogP contribution in [0.5, 0.6) is 0 Å². The molecule has 3 aliphatic rings. The fraction of sp³-hybridized carbons (Fsp3) is 0.632. The Morgan fingerprint density at radius 3 is 2.67 bits per heavy atom. The molecule has 5 heteroatoms. The van der Waals surface area contributed by atoms with Gasteiger partial charge in [-0.1, -0.05) is 19.8 Å². The Balaban J connectivity index is 1.77. The number of hydrogen-bond acceptors (Lipinski definition) is 2. The molecule has 1 saturated carbocycles. The molecule has 1 aliphatic carbocycles. The predicted molar refractivity (Wildman–Crippen MR) is 90.9 cm³/mol. The number of halogens is 1. The molecule has 1 aromatic rings. The minimum atomic E-state index is -0.221. The summed E-state index contributed by atoms with van der Waals surface area (Å²) in [6.45, 7) is 4.63. The van der Waals surface area contributed by atoms with Crippen LogP contribution in [0.1, 0.15) is 50.5 Å². The van der Waals surface area contributed by atoms with Gasteiger partial charge in [-0.05, 0) is 48.9 Å². The maximum atomic E-state index is 13.8. The van der Waals surface area contributed by atoms with Crippen molar-refractivity contribution in [3.8, 4) is 0 Å². The first-order valence-electron chi connectivity index (χ1n) is 9.07. The van der Waals surface area contributed by atoms with E-state index >= 15 is 0 Å². The molecule has 1 aromatic carbocycles. The number of ether oxygens (including phenoxy) is 1. The maximum absolute atomic E-state index is 13.8. The third kappa shape index (κ3) is 2.50. The second-order valence-corrected chi connectivity index (χ2v) is 7.46. The minimum absolute atomic E-state index is 0.0694. The van der Waals surface area contributed by atoms with Gasteiger partial charge in [-0.2, -0.15) is 0 Å². The average Bonchev–Trinajstić information content (AvgIpc) is 3.05. The SMILES string of the molecule is C[C@H]1CC2(CCCC2)N(C(=O)N2CCOCC2)c2ccc(F)cc21. The van der Waals surface area contributed by atoms with Crippen molar-refractivity contribution < 1.29 is 13.9 Å².